The lowest BCUT2D eigenvalue weighted by molar-refractivity contribution is -0.124. The Morgan fingerprint density at radius 1 is 0.821 bits per heavy atom. The van der Waals surface area contributed by atoms with Crippen LogP contribution in [-0.2, 0) is 16.1 Å². The lowest BCUT2D eigenvalue weighted by Gasteiger charge is -2.14. The van der Waals surface area contributed by atoms with Gasteiger partial charge in [-0.3, -0.25) is 4.79 Å². The monoisotopic (exact) mass is 389 g/mol. The van der Waals surface area contributed by atoms with Gasteiger partial charge < -0.3 is 29.0 Å². The molecular formula is C20H23NO7. The van der Waals surface area contributed by atoms with Crippen molar-refractivity contribution in [1.29, 1.82) is 0 Å². The molecule has 8 nitrogen and oxygen atoms in total. The molecule has 0 spiro atoms. The molecule has 0 unspecified atom stereocenters. The van der Waals surface area contributed by atoms with Gasteiger partial charge in [0, 0.05) is 18.2 Å². The highest BCUT2D eigenvalue weighted by molar-refractivity contribution is 5.91. The molecule has 0 aromatic heterocycles. The number of rotatable bonds is 9. The summed E-state index contributed by atoms with van der Waals surface area (Å²) in [5.41, 5.74) is 1.02. The fourth-order valence-corrected chi connectivity index (χ4v) is 2.42. The Morgan fingerprint density at radius 2 is 1.43 bits per heavy atom. The van der Waals surface area contributed by atoms with Gasteiger partial charge in [0.2, 0.25) is 0 Å². The maximum atomic E-state index is 12.0. The summed E-state index contributed by atoms with van der Waals surface area (Å²) in [6.07, 6.45) is 0. The van der Waals surface area contributed by atoms with Crippen LogP contribution in [0.3, 0.4) is 0 Å². The molecular weight excluding hydrogens is 366 g/mol. The number of hydrogen-bond acceptors (Lipinski definition) is 7. The van der Waals surface area contributed by atoms with E-state index in [1.807, 2.05) is 0 Å². The summed E-state index contributed by atoms with van der Waals surface area (Å²) in [5.74, 6) is 1.15. The molecule has 2 aromatic rings. The maximum Gasteiger partial charge on any atom is 0.338 e. The quantitative estimate of drug-likeness (QED) is 0.657. The first-order valence-corrected chi connectivity index (χ1v) is 8.39. The summed E-state index contributed by atoms with van der Waals surface area (Å²) in [5, 5.41) is 2.68. The van der Waals surface area contributed by atoms with E-state index in [1.54, 1.807) is 36.4 Å². The molecule has 1 amide bonds. The van der Waals surface area contributed by atoms with Crippen LogP contribution >= 0.6 is 0 Å². The average Bonchev–Trinajstić information content (AvgIpc) is 2.75. The van der Waals surface area contributed by atoms with Crippen LogP contribution in [0, 0.1) is 0 Å². The summed E-state index contributed by atoms with van der Waals surface area (Å²) < 4.78 is 25.8. The first-order chi connectivity index (χ1) is 13.5. The third-order valence-electron chi connectivity index (χ3n) is 3.92. The molecule has 0 saturated heterocycles. The minimum Gasteiger partial charge on any atom is -0.497 e. The minimum atomic E-state index is -0.596. The molecule has 0 fully saturated rings. The fraction of sp³-hybridized carbons (Fsp3) is 0.300. The Bertz CT molecular complexity index is 818. The number of carbonyl (C=O) groups is 2. The van der Waals surface area contributed by atoms with Crippen molar-refractivity contribution in [1.82, 2.24) is 5.32 Å². The van der Waals surface area contributed by atoms with E-state index in [2.05, 4.69) is 5.32 Å². The third kappa shape index (κ3) is 5.29. The van der Waals surface area contributed by atoms with Crippen LogP contribution in [0.15, 0.2) is 36.4 Å². The van der Waals surface area contributed by atoms with Gasteiger partial charge in [-0.15, -0.1) is 0 Å². The van der Waals surface area contributed by atoms with Gasteiger partial charge in [0.15, 0.2) is 18.1 Å². The van der Waals surface area contributed by atoms with Gasteiger partial charge in [-0.1, -0.05) is 0 Å². The topological polar surface area (TPSA) is 92.3 Å². The van der Waals surface area contributed by atoms with Gasteiger partial charge in [0.25, 0.3) is 5.91 Å². The predicted octanol–water partition coefficient (Wildman–Crippen LogP) is 2.19. The van der Waals surface area contributed by atoms with Crippen molar-refractivity contribution in [3.8, 4) is 23.0 Å². The second-order valence-corrected chi connectivity index (χ2v) is 5.60. The summed E-state index contributed by atoms with van der Waals surface area (Å²) in [6.45, 7) is -0.233. The zero-order valence-corrected chi connectivity index (χ0v) is 16.2. The van der Waals surface area contributed by atoms with Crippen molar-refractivity contribution in [3.63, 3.8) is 0 Å². The molecule has 28 heavy (non-hydrogen) atoms. The lowest BCUT2D eigenvalue weighted by Crippen LogP contribution is -2.28. The maximum absolute atomic E-state index is 12.0. The van der Waals surface area contributed by atoms with Crippen LogP contribution in [0.1, 0.15) is 15.9 Å². The molecule has 150 valence electrons. The van der Waals surface area contributed by atoms with Gasteiger partial charge in [-0.05, 0) is 30.3 Å². The van der Waals surface area contributed by atoms with Crippen LogP contribution in [0.5, 0.6) is 23.0 Å². The van der Waals surface area contributed by atoms with Gasteiger partial charge in [0.05, 0.1) is 34.0 Å². The normalized spacial score (nSPS) is 10.0. The van der Waals surface area contributed by atoms with Crippen LogP contribution in [0.25, 0.3) is 0 Å². The van der Waals surface area contributed by atoms with Crippen LogP contribution in [-0.4, -0.2) is 46.9 Å². The molecule has 2 aromatic carbocycles. The summed E-state index contributed by atoms with van der Waals surface area (Å²) >= 11 is 0. The van der Waals surface area contributed by atoms with Crippen molar-refractivity contribution < 1.29 is 33.3 Å². The Balaban J connectivity index is 1.92. The highest BCUT2D eigenvalue weighted by Crippen LogP contribution is 2.34. The Labute approximate surface area is 163 Å². The zero-order valence-electron chi connectivity index (χ0n) is 16.2. The molecule has 0 atom stereocenters. The minimum absolute atomic E-state index is 0.169. The number of nitrogens with one attached hydrogen (secondary N) is 1. The Morgan fingerprint density at radius 3 is 2.00 bits per heavy atom. The van der Waals surface area contributed by atoms with E-state index < -0.39 is 18.5 Å². The second kappa shape index (κ2) is 10.1. The number of benzene rings is 2. The Hall–Kier alpha value is -3.42. The van der Waals surface area contributed by atoms with Gasteiger partial charge in [-0.2, -0.15) is 0 Å². The van der Waals surface area contributed by atoms with Crippen molar-refractivity contribution in [2.24, 2.45) is 0 Å². The van der Waals surface area contributed by atoms with E-state index in [0.717, 1.165) is 0 Å². The lowest BCUT2D eigenvalue weighted by atomic mass is 10.1. The molecule has 0 bridgehead atoms. The predicted molar refractivity (Wildman–Crippen MR) is 101 cm³/mol. The van der Waals surface area contributed by atoms with Crippen molar-refractivity contribution in [3.05, 3.63) is 47.5 Å². The molecule has 0 heterocycles. The smallest absolute Gasteiger partial charge is 0.338 e. The molecule has 0 aliphatic heterocycles. The standard InChI is InChI=1S/C20H23NO7/c1-24-15-7-5-13(6-8-15)20(23)28-12-19(22)21-11-14-9-17(26-3)18(27-4)10-16(14)25-2/h5-10H,11-12H2,1-4H3,(H,21,22). The van der Waals surface area contributed by atoms with Gasteiger partial charge in [0.1, 0.15) is 11.5 Å². The van der Waals surface area contributed by atoms with Crippen LogP contribution < -0.4 is 24.3 Å². The average molecular weight is 389 g/mol. The fourth-order valence-electron chi connectivity index (χ4n) is 2.42. The first kappa shape index (κ1) is 20.9. The summed E-state index contributed by atoms with van der Waals surface area (Å²) in [4.78, 5) is 24.0. The highest BCUT2D eigenvalue weighted by atomic mass is 16.5. The number of ether oxygens (including phenoxy) is 5. The number of amides is 1. The molecule has 1 N–H and O–H groups in total. The van der Waals surface area contributed by atoms with E-state index in [9.17, 15) is 9.59 Å². The van der Waals surface area contributed by atoms with Crippen LogP contribution in [0.2, 0.25) is 0 Å². The van der Waals surface area contributed by atoms with E-state index >= 15 is 0 Å². The Kier molecular flexibility index (Phi) is 7.50. The second-order valence-electron chi connectivity index (χ2n) is 5.60. The van der Waals surface area contributed by atoms with Crippen LogP contribution in [0.4, 0.5) is 0 Å². The number of hydrogen-bond donors (Lipinski definition) is 1. The van der Waals surface area contributed by atoms with Gasteiger partial charge >= 0.3 is 5.97 Å². The van der Waals surface area contributed by atoms with E-state index in [4.69, 9.17) is 23.7 Å². The summed E-state index contributed by atoms with van der Waals surface area (Å²) in [7, 11) is 6.09. The molecule has 0 aliphatic carbocycles. The summed E-state index contributed by atoms with van der Waals surface area (Å²) in [6, 6.07) is 9.78. The molecule has 2 rings (SSSR count). The van der Waals surface area contributed by atoms with Crippen molar-refractivity contribution >= 4 is 11.9 Å². The zero-order chi connectivity index (χ0) is 20.5. The molecule has 0 aliphatic rings. The van der Waals surface area contributed by atoms with Crippen molar-refractivity contribution in [2.45, 2.75) is 6.54 Å². The molecule has 0 saturated carbocycles. The highest BCUT2D eigenvalue weighted by Gasteiger charge is 2.14. The number of esters is 1. The molecule has 8 heteroatoms. The SMILES string of the molecule is COc1ccc(C(=O)OCC(=O)NCc2cc(OC)c(OC)cc2OC)cc1. The molecule has 0 radical (unpaired) electrons. The number of carbonyl (C=O) groups excluding carboxylic acids is 2. The first-order valence-electron chi connectivity index (χ1n) is 8.39. The van der Waals surface area contributed by atoms with E-state index in [1.165, 1.54) is 28.4 Å². The largest absolute Gasteiger partial charge is 0.497 e. The van der Waals surface area contributed by atoms with Crippen molar-refractivity contribution in [2.75, 3.05) is 35.0 Å². The van der Waals surface area contributed by atoms with E-state index in [0.29, 0.717) is 34.1 Å². The third-order valence-corrected chi connectivity index (χ3v) is 3.92. The number of methoxy groups -OCH3 is 4. The van der Waals surface area contributed by atoms with Gasteiger partial charge in [-0.25, -0.2) is 4.79 Å². The van der Waals surface area contributed by atoms with E-state index in [-0.39, 0.29) is 6.54 Å².